The zero-order valence-electron chi connectivity index (χ0n) is 33.0. The predicted octanol–water partition coefficient (Wildman–Crippen LogP) is 15.4. The van der Waals surface area contributed by atoms with Gasteiger partial charge in [-0.3, -0.25) is 4.79 Å². The average Bonchev–Trinajstić information content (AvgIpc) is 3.15. The molecule has 2 saturated carbocycles. The Hall–Kier alpha value is -1.89. The van der Waals surface area contributed by atoms with E-state index in [-0.39, 0.29) is 0 Å². The van der Waals surface area contributed by atoms with Crippen LogP contribution in [0.25, 0.3) is 0 Å². The molecule has 2 aromatic carbocycles. The summed E-state index contributed by atoms with van der Waals surface area (Å²) in [5.74, 6) is 4.02. The standard InChI is InChI=1S/C49H78O/c1-3-5-13-19-41-25-33-45(34-26-41)47-37-29-43(30-38-47)21-15-9-7-11-17-23-49(50)24-18-12-8-10-16-22-44-31-39-48(40-32-44)46-35-27-42(28-36-46)20-14-6-4-2/h25-28,33-36,43-44,47-48H,3-24,29-32,37-40H2,1-2H3. The summed E-state index contributed by atoms with van der Waals surface area (Å²) in [6.07, 6.45) is 39.1. The van der Waals surface area contributed by atoms with Crippen molar-refractivity contribution in [3.8, 4) is 0 Å². The lowest BCUT2D eigenvalue weighted by Crippen LogP contribution is -2.13. The lowest BCUT2D eigenvalue weighted by molar-refractivity contribution is -0.119. The molecule has 2 aliphatic carbocycles. The molecular formula is C49H78O. The number of benzene rings is 2. The van der Waals surface area contributed by atoms with Gasteiger partial charge in [0.05, 0.1) is 0 Å². The number of carbonyl (C=O) groups excluding carboxylic acids is 1. The van der Waals surface area contributed by atoms with Crippen LogP contribution in [0.3, 0.4) is 0 Å². The van der Waals surface area contributed by atoms with Gasteiger partial charge in [-0.1, -0.05) is 152 Å². The van der Waals surface area contributed by atoms with Crippen LogP contribution < -0.4 is 0 Å². The summed E-state index contributed by atoms with van der Waals surface area (Å²) in [6, 6.07) is 19.3. The molecule has 0 saturated heterocycles. The predicted molar refractivity (Wildman–Crippen MR) is 218 cm³/mol. The second-order valence-corrected chi connectivity index (χ2v) is 17.0. The Kier molecular flexibility index (Phi) is 20.6. The first-order valence-corrected chi connectivity index (χ1v) is 22.3. The highest BCUT2D eigenvalue weighted by molar-refractivity contribution is 5.78. The minimum Gasteiger partial charge on any atom is -0.300 e. The fourth-order valence-electron chi connectivity index (χ4n) is 9.34. The minimum atomic E-state index is 0.524. The van der Waals surface area contributed by atoms with Crippen molar-refractivity contribution in [2.45, 2.75) is 218 Å². The van der Waals surface area contributed by atoms with Crippen LogP contribution in [0.1, 0.15) is 228 Å². The van der Waals surface area contributed by atoms with E-state index in [1.807, 2.05) is 0 Å². The minimum absolute atomic E-state index is 0.524. The quantitative estimate of drug-likeness (QED) is 0.0903. The summed E-state index contributed by atoms with van der Waals surface area (Å²) in [5, 5.41) is 0. The number of hydrogen-bond donors (Lipinski definition) is 0. The highest BCUT2D eigenvalue weighted by Crippen LogP contribution is 2.39. The van der Waals surface area contributed by atoms with Crippen LogP contribution in [0.15, 0.2) is 48.5 Å². The van der Waals surface area contributed by atoms with Crippen molar-refractivity contribution in [3.63, 3.8) is 0 Å². The van der Waals surface area contributed by atoms with E-state index >= 15 is 0 Å². The van der Waals surface area contributed by atoms with Crippen LogP contribution in [-0.4, -0.2) is 5.78 Å². The van der Waals surface area contributed by atoms with Gasteiger partial charge in [-0.2, -0.15) is 0 Å². The molecule has 50 heavy (non-hydrogen) atoms. The fourth-order valence-corrected chi connectivity index (χ4v) is 9.34. The Morgan fingerprint density at radius 1 is 0.440 bits per heavy atom. The molecule has 0 unspecified atom stereocenters. The summed E-state index contributed by atoms with van der Waals surface area (Å²) in [5.41, 5.74) is 6.22. The molecule has 0 radical (unpaired) electrons. The van der Waals surface area contributed by atoms with E-state index in [1.54, 1.807) is 11.1 Å². The molecule has 0 aromatic heterocycles. The SMILES string of the molecule is CCCCCc1ccc(C2CCC(CCCCCCCC(=O)CCCCCCCC3CCC(c4ccc(CCCCC)cc4)CC3)CC2)cc1. The number of ketones is 1. The van der Waals surface area contributed by atoms with E-state index in [0.29, 0.717) is 5.78 Å². The summed E-state index contributed by atoms with van der Waals surface area (Å²) in [6.45, 7) is 4.57. The second kappa shape index (κ2) is 25.1. The van der Waals surface area contributed by atoms with Gasteiger partial charge in [-0.05, 0) is 136 Å². The van der Waals surface area contributed by atoms with E-state index in [0.717, 1.165) is 49.4 Å². The van der Waals surface area contributed by atoms with Crippen molar-refractivity contribution in [1.82, 2.24) is 0 Å². The molecule has 4 rings (SSSR count). The van der Waals surface area contributed by atoms with Gasteiger partial charge in [0.1, 0.15) is 5.78 Å². The monoisotopic (exact) mass is 683 g/mol. The van der Waals surface area contributed by atoms with E-state index in [1.165, 1.54) is 178 Å². The largest absolute Gasteiger partial charge is 0.300 e. The Balaban J connectivity index is 0.901. The molecule has 280 valence electrons. The van der Waals surface area contributed by atoms with Crippen molar-refractivity contribution in [2.75, 3.05) is 0 Å². The van der Waals surface area contributed by atoms with Crippen molar-refractivity contribution in [3.05, 3.63) is 70.8 Å². The van der Waals surface area contributed by atoms with Gasteiger partial charge >= 0.3 is 0 Å². The molecular weight excluding hydrogens is 605 g/mol. The Bertz CT molecular complexity index is 1020. The average molecular weight is 683 g/mol. The van der Waals surface area contributed by atoms with Crippen molar-refractivity contribution in [2.24, 2.45) is 11.8 Å². The maximum atomic E-state index is 12.4. The van der Waals surface area contributed by atoms with Crippen LogP contribution in [0.2, 0.25) is 0 Å². The number of carbonyl (C=O) groups is 1. The Morgan fingerprint density at radius 2 is 0.800 bits per heavy atom. The van der Waals surface area contributed by atoms with Gasteiger partial charge in [0, 0.05) is 12.8 Å². The van der Waals surface area contributed by atoms with E-state index in [4.69, 9.17) is 0 Å². The maximum Gasteiger partial charge on any atom is 0.132 e. The van der Waals surface area contributed by atoms with E-state index in [9.17, 15) is 4.79 Å². The highest BCUT2D eigenvalue weighted by atomic mass is 16.1. The molecule has 2 fully saturated rings. The first kappa shape index (κ1) is 40.9. The summed E-state index contributed by atoms with van der Waals surface area (Å²) >= 11 is 0. The fraction of sp³-hybridized carbons (Fsp3) is 0.735. The number of hydrogen-bond acceptors (Lipinski definition) is 1. The van der Waals surface area contributed by atoms with Crippen LogP contribution >= 0.6 is 0 Å². The van der Waals surface area contributed by atoms with Crippen LogP contribution in [0, 0.1) is 11.8 Å². The first-order chi connectivity index (χ1) is 24.6. The Labute approximate surface area is 310 Å². The van der Waals surface area contributed by atoms with Crippen molar-refractivity contribution >= 4 is 5.78 Å². The lowest BCUT2D eigenvalue weighted by atomic mass is 9.77. The summed E-state index contributed by atoms with van der Waals surface area (Å²) in [4.78, 5) is 12.4. The molecule has 0 spiro atoms. The van der Waals surface area contributed by atoms with Gasteiger partial charge in [0.15, 0.2) is 0 Å². The normalized spacial score (nSPS) is 21.0. The number of aryl methyl sites for hydroxylation is 2. The van der Waals surface area contributed by atoms with Gasteiger partial charge in [-0.15, -0.1) is 0 Å². The third-order valence-corrected chi connectivity index (χ3v) is 12.9. The lowest BCUT2D eigenvalue weighted by Gasteiger charge is -2.29. The topological polar surface area (TPSA) is 17.1 Å². The highest BCUT2D eigenvalue weighted by Gasteiger charge is 2.23. The zero-order chi connectivity index (χ0) is 35.1. The molecule has 2 aliphatic rings. The van der Waals surface area contributed by atoms with Crippen LogP contribution in [0.4, 0.5) is 0 Å². The Morgan fingerprint density at radius 3 is 1.18 bits per heavy atom. The van der Waals surface area contributed by atoms with E-state index in [2.05, 4.69) is 62.4 Å². The molecule has 0 amide bonds. The van der Waals surface area contributed by atoms with Gasteiger partial charge in [-0.25, -0.2) is 0 Å². The summed E-state index contributed by atoms with van der Waals surface area (Å²) < 4.78 is 0. The molecule has 1 heteroatoms. The molecule has 0 bridgehead atoms. The molecule has 0 atom stereocenters. The third-order valence-electron chi connectivity index (χ3n) is 12.9. The summed E-state index contributed by atoms with van der Waals surface area (Å²) in [7, 11) is 0. The molecule has 0 aliphatic heterocycles. The number of rotatable bonds is 26. The van der Waals surface area contributed by atoms with Gasteiger partial charge in [0.25, 0.3) is 0 Å². The zero-order valence-corrected chi connectivity index (χ0v) is 33.0. The molecule has 2 aromatic rings. The van der Waals surface area contributed by atoms with Crippen molar-refractivity contribution < 1.29 is 4.79 Å². The smallest absolute Gasteiger partial charge is 0.132 e. The third kappa shape index (κ3) is 16.2. The van der Waals surface area contributed by atoms with Crippen LogP contribution in [-0.2, 0) is 17.6 Å². The number of unbranched alkanes of at least 4 members (excludes halogenated alkanes) is 12. The second-order valence-electron chi connectivity index (χ2n) is 17.0. The number of Topliss-reactive ketones (excluding diaryl/α,β-unsaturated/α-hetero) is 1. The van der Waals surface area contributed by atoms with Gasteiger partial charge < -0.3 is 0 Å². The maximum absolute atomic E-state index is 12.4. The van der Waals surface area contributed by atoms with Crippen LogP contribution in [0.5, 0.6) is 0 Å². The molecule has 1 nitrogen and oxygen atoms in total. The first-order valence-electron chi connectivity index (χ1n) is 22.3. The van der Waals surface area contributed by atoms with Gasteiger partial charge in [0.2, 0.25) is 0 Å². The molecule has 0 N–H and O–H groups in total. The van der Waals surface area contributed by atoms with Crippen molar-refractivity contribution in [1.29, 1.82) is 0 Å². The van der Waals surface area contributed by atoms with E-state index < -0.39 is 0 Å². The molecule has 0 heterocycles.